The standard InChI is InChI=1S/C15H30N4/c1-3-16-15(18-14-7-5-6-8-14)17-11-13-9-10-19(4-2)12-13/h13-14H,3-12H2,1-2H3,(H2,16,17,18). The van der Waals surface area contributed by atoms with E-state index in [9.17, 15) is 0 Å². The molecule has 4 nitrogen and oxygen atoms in total. The molecule has 4 heteroatoms. The van der Waals surface area contributed by atoms with Gasteiger partial charge in [-0.15, -0.1) is 0 Å². The Kier molecular flexibility index (Phi) is 5.95. The monoisotopic (exact) mass is 266 g/mol. The van der Waals surface area contributed by atoms with Crippen LogP contribution in [-0.4, -0.2) is 49.6 Å². The van der Waals surface area contributed by atoms with Crippen molar-refractivity contribution < 1.29 is 0 Å². The van der Waals surface area contributed by atoms with Crippen LogP contribution in [0.4, 0.5) is 0 Å². The highest BCUT2D eigenvalue weighted by atomic mass is 15.2. The highest BCUT2D eigenvalue weighted by Gasteiger charge is 2.21. The third kappa shape index (κ3) is 4.68. The van der Waals surface area contributed by atoms with Gasteiger partial charge in [-0.25, -0.2) is 0 Å². The summed E-state index contributed by atoms with van der Waals surface area (Å²) in [5.74, 6) is 1.78. The second kappa shape index (κ2) is 7.73. The Morgan fingerprint density at radius 2 is 2.00 bits per heavy atom. The highest BCUT2D eigenvalue weighted by molar-refractivity contribution is 5.80. The first kappa shape index (κ1) is 14.6. The lowest BCUT2D eigenvalue weighted by Crippen LogP contribution is -2.42. The lowest BCUT2D eigenvalue weighted by atomic mass is 10.1. The molecular formula is C15H30N4. The molecule has 0 spiro atoms. The second-order valence-corrected chi connectivity index (χ2v) is 5.89. The summed E-state index contributed by atoms with van der Waals surface area (Å²) < 4.78 is 0. The van der Waals surface area contributed by atoms with Crippen LogP contribution < -0.4 is 10.6 Å². The van der Waals surface area contributed by atoms with Crippen molar-refractivity contribution in [2.45, 2.75) is 52.0 Å². The maximum absolute atomic E-state index is 4.80. The molecule has 2 rings (SSSR count). The summed E-state index contributed by atoms with van der Waals surface area (Å²) in [6, 6.07) is 0.647. The van der Waals surface area contributed by atoms with Crippen LogP contribution in [0.15, 0.2) is 4.99 Å². The van der Waals surface area contributed by atoms with Gasteiger partial charge in [0.25, 0.3) is 0 Å². The molecule has 0 amide bonds. The van der Waals surface area contributed by atoms with Crippen molar-refractivity contribution in [1.82, 2.24) is 15.5 Å². The van der Waals surface area contributed by atoms with E-state index in [-0.39, 0.29) is 0 Å². The maximum atomic E-state index is 4.80. The predicted molar refractivity (Wildman–Crippen MR) is 81.6 cm³/mol. The van der Waals surface area contributed by atoms with Gasteiger partial charge >= 0.3 is 0 Å². The quantitative estimate of drug-likeness (QED) is 0.589. The van der Waals surface area contributed by atoms with Crippen LogP contribution in [0.2, 0.25) is 0 Å². The minimum absolute atomic E-state index is 0.647. The van der Waals surface area contributed by atoms with Crippen molar-refractivity contribution >= 4 is 5.96 Å². The largest absolute Gasteiger partial charge is 0.357 e. The van der Waals surface area contributed by atoms with Gasteiger partial charge in [-0.2, -0.15) is 0 Å². The minimum Gasteiger partial charge on any atom is -0.357 e. The summed E-state index contributed by atoms with van der Waals surface area (Å²) in [7, 11) is 0. The molecule has 0 aromatic rings. The van der Waals surface area contributed by atoms with Crippen molar-refractivity contribution in [3.8, 4) is 0 Å². The van der Waals surface area contributed by atoms with E-state index in [0.717, 1.165) is 25.0 Å². The number of nitrogens with one attached hydrogen (secondary N) is 2. The molecule has 110 valence electrons. The minimum atomic E-state index is 0.647. The Balaban J connectivity index is 1.78. The molecule has 0 radical (unpaired) electrons. The third-order valence-corrected chi connectivity index (χ3v) is 4.37. The fourth-order valence-electron chi connectivity index (χ4n) is 3.15. The molecule has 1 aliphatic heterocycles. The zero-order valence-electron chi connectivity index (χ0n) is 12.6. The van der Waals surface area contributed by atoms with Gasteiger partial charge in [0, 0.05) is 25.7 Å². The van der Waals surface area contributed by atoms with E-state index in [4.69, 9.17) is 4.99 Å². The first-order valence-corrected chi connectivity index (χ1v) is 8.09. The lowest BCUT2D eigenvalue weighted by molar-refractivity contribution is 0.343. The van der Waals surface area contributed by atoms with Crippen LogP contribution in [0.1, 0.15) is 46.0 Å². The molecule has 0 aromatic heterocycles. The van der Waals surface area contributed by atoms with Crippen LogP contribution >= 0.6 is 0 Å². The van der Waals surface area contributed by atoms with Gasteiger partial charge in [-0.3, -0.25) is 4.99 Å². The molecule has 1 aliphatic carbocycles. The third-order valence-electron chi connectivity index (χ3n) is 4.37. The molecule has 1 atom stereocenters. The van der Waals surface area contributed by atoms with Crippen LogP contribution in [0.5, 0.6) is 0 Å². The fourth-order valence-corrected chi connectivity index (χ4v) is 3.15. The molecule has 0 bridgehead atoms. The summed E-state index contributed by atoms with van der Waals surface area (Å²) in [4.78, 5) is 7.32. The zero-order chi connectivity index (χ0) is 13.5. The summed E-state index contributed by atoms with van der Waals surface area (Å²) in [5, 5.41) is 6.98. The van der Waals surface area contributed by atoms with E-state index >= 15 is 0 Å². The number of likely N-dealkylation sites (tertiary alicyclic amines) is 1. The van der Waals surface area contributed by atoms with Gasteiger partial charge in [0.1, 0.15) is 0 Å². The Morgan fingerprint density at radius 3 is 2.63 bits per heavy atom. The van der Waals surface area contributed by atoms with Crippen LogP contribution in [0.25, 0.3) is 0 Å². The van der Waals surface area contributed by atoms with E-state index in [0.29, 0.717) is 6.04 Å². The average molecular weight is 266 g/mol. The molecule has 2 N–H and O–H groups in total. The van der Waals surface area contributed by atoms with Crippen LogP contribution in [-0.2, 0) is 0 Å². The number of aliphatic imine (C=N–C) groups is 1. The number of nitrogens with zero attached hydrogens (tertiary/aromatic N) is 2. The summed E-state index contributed by atoms with van der Waals surface area (Å²) >= 11 is 0. The number of hydrogen-bond acceptors (Lipinski definition) is 2. The van der Waals surface area contributed by atoms with Crippen molar-refractivity contribution in [1.29, 1.82) is 0 Å². The van der Waals surface area contributed by atoms with E-state index in [2.05, 4.69) is 29.4 Å². The van der Waals surface area contributed by atoms with Gasteiger partial charge < -0.3 is 15.5 Å². The first-order valence-electron chi connectivity index (χ1n) is 8.09. The zero-order valence-corrected chi connectivity index (χ0v) is 12.6. The van der Waals surface area contributed by atoms with Gasteiger partial charge in [0.05, 0.1) is 0 Å². The van der Waals surface area contributed by atoms with Crippen molar-refractivity contribution in [3.05, 3.63) is 0 Å². The molecule has 1 heterocycles. The van der Waals surface area contributed by atoms with Gasteiger partial charge in [-0.05, 0) is 45.2 Å². The summed E-state index contributed by atoms with van der Waals surface area (Å²) in [6.45, 7) is 9.97. The summed E-state index contributed by atoms with van der Waals surface area (Å²) in [5.41, 5.74) is 0. The Labute approximate surface area is 118 Å². The topological polar surface area (TPSA) is 39.7 Å². The fraction of sp³-hybridized carbons (Fsp3) is 0.933. The van der Waals surface area contributed by atoms with Crippen molar-refractivity contribution in [2.75, 3.05) is 32.7 Å². The smallest absolute Gasteiger partial charge is 0.191 e. The Hall–Kier alpha value is -0.770. The number of hydrogen-bond donors (Lipinski definition) is 2. The molecule has 1 saturated carbocycles. The Bertz CT molecular complexity index is 284. The van der Waals surface area contributed by atoms with Gasteiger partial charge in [-0.1, -0.05) is 19.8 Å². The van der Waals surface area contributed by atoms with E-state index in [1.165, 1.54) is 51.7 Å². The molecule has 0 aromatic carbocycles. The van der Waals surface area contributed by atoms with Crippen molar-refractivity contribution in [2.24, 2.45) is 10.9 Å². The highest BCUT2D eigenvalue weighted by Crippen LogP contribution is 2.18. The average Bonchev–Trinajstić information content (AvgIpc) is 3.07. The number of rotatable bonds is 5. The molecule has 19 heavy (non-hydrogen) atoms. The number of guanidine groups is 1. The lowest BCUT2D eigenvalue weighted by Gasteiger charge is -2.17. The molecule has 1 saturated heterocycles. The molecule has 1 unspecified atom stereocenters. The summed E-state index contributed by atoms with van der Waals surface area (Å²) in [6.07, 6.45) is 6.64. The van der Waals surface area contributed by atoms with E-state index in [1.807, 2.05) is 0 Å². The van der Waals surface area contributed by atoms with Crippen LogP contribution in [0, 0.1) is 5.92 Å². The van der Waals surface area contributed by atoms with Gasteiger partial charge in [0.15, 0.2) is 5.96 Å². The van der Waals surface area contributed by atoms with E-state index in [1.54, 1.807) is 0 Å². The SMILES string of the molecule is CCNC(=NCC1CCN(CC)C1)NC1CCCC1. The van der Waals surface area contributed by atoms with Crippen LogP contribution in [0.3, 0.4) is 0 Å². The second-order valence-electron chi connectivity index (χ2n) is 5.89. The molecule has 2 fully saturated rings. The van der Waals surface area contributed by atoms with Crippen molar-refractivity contribution in [3.63, 3.8) is 0 Å². The molecule has 2 aliphatic rings. The first-order chi connectivity index (χ1) is 9.31. The normalized spacial score (nSPS) is 26.0. The molecular weight excluding hydrogens is 236 g/mol. The van der Waals surface area contributed by atoms with Gasteiger partial charge in [0.2, 0.25) is 0 Å². The Morgan fingerprint density at radius 1 is 1.21 bits per heavy atom. The van der Waals surface area contributed by atoms with E-state index < -0.39 is 0 Å². The maximum Gasteiger partial charge on any atom is 0.191 e. The predicted octanol–water partition coefficient (Wildman–Crippen LogP) is 1.83.